The lowest BCUT2D eigenvalue weighted by atomic mass is 10.0. The second-order valence-corrected chi connectivity index (χ2v) is 5.07. The number of rotatable bonds is 5. The van der Waals surface area contributed by atoms with Crippen LogP contribution in [0.1, 0.15) is 10.4 Å². The van der Waals surface area contributed by atoms with E-state index in [1.165, 1.54) is 24.3 Å². The Balaban J connectivity index is 2.11. The minimum Gasteiger partial charge on any atom is -0.491 e. The maximum Gasteiger partial charge on any atom is 0.337 e. The maximum absolute atomic E-state index is 14.8. The van der Waals surface area contributed by atoms with Gasteiger partial charge in [-0.3, -0.25) is 0 Å². The number of carbonyl (C=O) groups is 1. The van der Waals surface area contributed by atoms with Crippen LogP contribution in [0.2, 0.25) is 0 Å². The highest BCUT2D eigenvalue weighted by Crippen LogP contribution is 2.34. The molecule has 1 heterocycles. The summed E-state index contributed by atoms with van der Waals surface area (Å²) in [5, 5.41) is 17.7. The first-order chi connectivity index (χ1) is 11.5. The summed E-state index contributed by atoms with van der Waals surface area (Å²) in [4.78, 5) is 13.7. The van der Waals surface area contributed by atoms with Crippen molar-refractivity contribution < 1.29 is 28.5 Å². The number of aromatic nitrogens is 1. The lowest BCUT2D eigenvalue weighted by Crippen LogP contribution is -2.01. The molecule has 5 nitrogen and oxygen atoms in total. The lowest BCUT2D eigenvalue weighted by Gasteiger charge is -2.09. The van der Waals surface area contributed by atoms with E-state index in [0.717, 1.165) is 12.3 Å². The monoisotopic (exact) mass is 333 g/mol. The summed E-state index contributed by atoms with van der Waals surface area (Å²) in [6, 6.07) is 7.03. The van der Waals surface area contributed by atoms with Crippen LogP contribution in [-0.2, 0) is 0 Å². The lowest BCUT2D eigenvalue weighted by molar-refractivity contribution is 0.0698. The molecule has 7 heteroatoms. The van der Waals surface area contributed by atoms with Gasteiger partial charge in [0.15, 0.2) is 0 Å². The van der Waals surface area contributed by atoms with Gasteiger partial charge in [0, 0.05) is 6.20 Å². The summed E-state index contributed by atoms with van der Waals surface area (Å²) in [5.41, 5.74) is -0.236. The van der Waals surface area contributed by atoms with E-state index in [9.17, 15) is 13.6 Å². The minimum atomic E-state index is -1.30. The van der Waals surface area contributed by atoms with Crippen molar-refractivity contribution in [3.05, 3.63) is 53.7 Å². The Hall–Kier alpha value is -2.93. The second-order valence-electron chi connectivity index (χ2n) is 5.07. The standard InChI is InChI=1S/C17H13F2NO4/c18-12-7-13-15(11(8-20-13)17(22)23)16(19)14(12)9-1-3-10(4-2-9)24-6-5-21/h1-4,7-8,20-21H,5-6H2,(H,22,23). The van der Waals surface area contributed by atoms with Crippen molar-refractivity contribution in [2.75, 3.05) is 13.2 Å². The average Bonchev–Trinajstić information content (AvgIpc) is 2.98. The highest BCUT2D eigenvalue weighted by molar-refractivity contribution is 6.04. The number of hydrogen-bond donors (Lipinski definition) is 3. The number of carboxylic acids is 1. The number of aromatic carboxylic acids is 1. The third-order valence-corrected chi connectivity index (χ3v) is 3.59. The van der Waals surface area contributed by atoms with Crippen molar-refractivity contribution in [3.8, 4) is 16.9 Å². The Labute approximate surface area is 135 Å². The van der Waals surface area contributed by atoms with Gasteiger partial charge in [-0.05, 0) is 23.8 Å². The van der Waals surface area contributed by atoms with Crippen molar-refractivity contribution in [1.82, 2.24) is 4.98 Å². The molecule has 0 aliphatic rings. The van der Waals surface area contributed by atoms with Crippen LogP contribution in [0.5, 0.6) is 5.75 Å². The van der Waals surface area contributed by atoms with E-state index in [2.05, 4.69) is 4.98 Å². The van der Waals surface area contributed by atoms with E-state index in [0.29, 0.717) is 5.75 Å². The first kappa shape index (κ1) is 15.9. The molecule has 2 aromatic carbocycles. The highest BCUT2D eigenvalue weighted by atomic mass is 19.1. The molecule has 124 valence electrons. The Morgan fingerprint density at radius 1 is 1.21 bits per heavy atom. The van der Waals surface area contributed by atoms with Gasteiger partial charge in [-0.2, -0.15) is 0 Å². The zero-order chi connectivity index (χ0) is 17.3. The van der Waals surface area contributed by atoms with Gasteiger partial charge >= 0.3 is 5.97 Å². The van der Waals surface area contributed by atoms with Gasteiger partial charge in [-0.1, -0.05) is 12.1 Å². The van der Waals surface area contributed by atoms with Gasteiger partial charge in [0.05, 0.1) is 28.6 Å². The average molecular weight is 333 g/mol. The second kappa shape index (κ2) is 6.29. The first-order valence-electron chi connectivity index (χ1n) is 7.09. The van der Waals surface area contributed by atoms with E-state index >= 15 is 0 Å². The van der Waals surface area contributed by atoms with Crippen LogP contribution in [0.15, 0.2) is 36.5 Å². The molecule has 0 aliphatic carbocycles. The Kier molecular flexibility index (Phi) is 4.18. The summed E-state index contributed by atoms with van der Waals surface area (Å²) in [6.45, 7) is -0.0352. The molecular weight excluding hydrogens is 320 g/mol. The first-order valence-corrected chi connectivity index (χ1v) is 7.09. The Morgan fingerprint density at radius 2 is 1.92 bits per heavy atom. The molecule has 0 spiro atoms. The molecule has 3 N–H and O–H groups in total. The normalized spacial score (nSPS) is 11.0. The molecule has 0 saturated heterocycles. The quantitative estimate of drug-likeness (QED) is 0.670. The van der Waals surface area contributed by atoms with Crippen molar-refractivity contribution in [2.24, 2.45) is 0 Å². The summed E-state index contributed by atoms with van der Waals surface area (Å²) in [7, 11) is 0. The van der Waals surface area contributed by atoms with Gasteiger partial charge in [0.1, 0.15) is 24.0 Å². The van der Waals surface area contributed by atoms with Gasteiger partial charge < -0.3 is 19.9 Å². The number of aromatic amines is 1. The topological polar surface area (TPSA) is 82.5 Å². The van der Waals surface area contributed by atoms with E-state index in [4.69, 9.17) is 14.9 Å². The largest absolute Gasteiger partial charge is 0.491 e. The van der Waals surface area contributed by atoms with Crippen molar-refractivity contribution in [1.29, 1.82) is 0 Å². The minimum absolute atomic E-state index is 0.0778. The number of H-pyrrole nitrogens is 1. The van der Waals surface area contributed by atoms with Crippen LogP contribution >= 0.6 is 0 Å². The molecule has 0 unspecified atom stereocenters. The molecule has 0 amide bonds. The number of benzene rings is 2. The predicted octanol–water partition coefficient (Wildman–Crippen LogP) is 3.18. The fraction of sp³-hybridized carbons (Fsp3) is 0.118. The summed E-state index contributed by atoms with van der Waals surface area (Å²) >= 11 is 0. The van der Waals surface area contributed by atoms with Gasteiger partial charge in [0.2, 0.25) is 0 Å². The third kappa shape index (κ3) is 2.69. The molecular formula is C17H13F2NO4. The number of aliphatic hydroxyl groups is 1. The number of carboxylic acid groups (broad SMARTS) is 1. The molecule has 0 bridgehead atoms. The zero-order valence-electron chi connectivity index (χ0n) is 12.3. The van der Waals surface area contributed by atoms with Crippen LogP contribution < -0.4 is 4.74 Å². The fourth-order valence-electron chi connectivity index (χ4n) is 2.53. The zero-order valence-corrected chi connectivity index (χ0v) is 12.3. The van der Waals surface area contributed by atoms with Crippen LogP contribution in [-0.4, -0.2) is 34.4 Å². The molecule has 0 aliphatic heterocycles. The molecule has 0 fully saturated rings. The summed E-state index contributed by atoms with van der Waals surface area (Å²) in [5.74, 6) is -2.59. The van der Waals surface area contributed by atoms with Gasteiger partial charge in [-0.15, -0.1) is 0 Å². The molecule has 24 heavy (non-hydrogen) atoms. The number of aliphatic hydroxyl groups excluding tert-OH is 1. The Bertz CT molecular complexity index is 903. The Morgan fingerprint density at radius 3 is 2.54 bits per heavy atom. The van der Waals surface area contributed by atoms with Crippen molar-refractivity contribution in [2.45, 2.75) is 0 Å². The maximum atomic E-state index is 14.8. The van der Waals surface area contributed by atoms with E-state index in [1.807, 2.05) is 0 Å². The van der Waals surface area contributed by atoms with E-state index in [-0.39, 0.29) is 40.8 Å². The molecule has 0 saturated carbocycles. The number of fused-ring (bicyclic) bond motifs is 1. The summed E-state index contributed by atoms with van der Waals surface area (Å²) < 4.78 is 34.3. The molecule has 3 rings (SSSR count). The number of hydrogen-bond acceptors (Lipinski definition) is 3. The fourth-order valence-corrected chi connectivity index (χ4v) is 2.53. The van der Waals surface area contributed by atoms with Crippen molar-refractivity contribution in [3.63, 3.8) is 0 Å². The van der Waals surface area contributed by atoms with Crippen LogP contribution in [0.3, 0.4) is 0 Å². The molecule has 0 atom stereocenters. The smallest absolute Gasteiger partial charge is 0.337 e. The highest BCUT2D eigenvalue weighted by Gasteiger charge is 2.21. The molecule has 3 aromatic rings. The van der Waals surface area contributed by atoms with Crippen LogP contribution in [0, 0.1) is 11.6 Å². The predicted molar refractivity (Wildman–Crippen MR) is 83.2 cm³/mol. The third-order valence-electron chi connectivity index (χ3n) is 3.59. The number of ether oxygens (including phenoxy) is 1. The number of nitrogens with one attached hydrogen (secondary N) is 1. The SMILES string of the molecule is O=C(O)c1c[nH]c2cc(F)c(-c3ccc(OCCO)cc3)c(F)c12. The molecule has 0 radical (unpaired) electrons. The van der Waals surface area contributed by atoms with E-state index < -0.39 is 17.6 Å². The van der Waals surface area contributed by atoms with Crippen molar-refractivity contribution >= 4 is 16.9 Å². The summed E-state index contributed by atoms with van der Waals surface area (Å²) in [6.07, 6.45) is 1.13. The van der Waals surface area contributed by atoms with Gasteiger partial charge in [-0.25, -0.2) is 13.6 Å². The van der Waals surface area contributed by atoms with Gasteiger partial charge in [0.25, 0.3) is 0 Å². The van der Waals surface area contributed by atoms with E-state index in [1.54, 1.807) is 0 Å². The van der Waals surface area contributed by atoms with Crippen LogP contribution in [0.25, 0.3) is 22.0 Å². The number of halogens is 2. The molecule has 1 aromatic heterocycles. The van der Waals surface area contributed by atoms with Crippen LogP contribution in [0.4, 0.5) is 8.78 Å².